The van der Waals surface area contributed by atoms with Crippen LogP contribution in [0.1, 0.15) is 18.1 Å². The molecule has 3 amide bonds. The normalized spacial score (nSPS) is 10.2. The second-order valence-electron chi connectivity index (χ2n) is 6.70. The lowest BCUT2D eigenvalue weighted by Gasteiger charge is -2.07. The van der Waals surface area contributed by atoms with Gasteiger partial charge in [-0.3, -0.25) is 14.4 Å². The van der Waals surface area contributed by atoms with E-state index < -0.39 is 5.91 Å². The van der Waals surface area contributed by atoms with E-state index in [0.29, 0.717) is 12.2 Å². The summed E-state index contributed by atoms with van der Waals surface area (Å²) in [5.41, 5.74) is 1.73. The van der Waals surface area contributed by atoms with Crippen molar-refractivity contribution in [2.24, 2.45) is 0 Å². The molecule has 0 aliphatic carbocycles. The van der Waals surface area contributed by atoms with Gasteiger partial charge < -0.3 is 25.8 Å². The van der Waals surface area contributed by atoms with E-state index >= 15 is 0 Å². The number of ether oxygens (including phenoxy) is 1. The van der Waals surface area contributed by atoms with Gasteiger partial charge in [-0.1, -0.05) is 42.5 Å². The van der Waals surface area contributed by atoms with Crippen LogP contribution in [0.2, 0.25) is 0 Å². The molecule has 174 valence electrons. The van der Waals surface area contributed by atoms with Crippen LogP contribution in [0.4, 0.5) is 0 Å². The first kappa shape index (κ1) is 26.9. The summed E-state index contributed by atoms with van der Waals surface area (Å²) in [4.78, 5) is 33.9. The Morgan fingerprint density at radius 3 is 2.21 bits per heavy atom. The minimum atomic E-state index is -0.568. The molecule has 0 saturated carbocycles. The zero-order valence-electron chi connectivity index (χ0n) is 18.6. The highest BCUT2D eigenvalue weighted by Gasteiger charge is 2.08. The van der Waals surface area contributed by atoms with Crippen LogP contribution in [-0.2, 0) is 25.7 Å². The van der Waals surface area contributed by atoms with E-state index in [-0.39, 0.29) is 42.8 Å². The number of nitrogens with zero attached hydrogens (tertiary/aromatic N) is 1. The van der Waals surface area contributed by atoms with Crippen LogP contribution in [0, 0.1) is 11.3 Å². The Bertz CT molecular complexity index is 967. The number of nitrogens with one attached hydrogen (secondary N) is 3. The predicted octanol–water partition coefficient (Wildman–Crippen LogP) is 1.50. The summed E-state index contributed by atoms with van der Waals surface area (Å²) in [5, 5.41) is 25.6. The van der Waals surface area contributed by atoms with Gasteiger partial charge in [0.1, 0.15) is 17.4 Å². The molecule has 2 rings (SSSR count). The molecular formula is C24H28N4O5. The molecule has 0 aliphatic heterocycles. The summed E-state index contributed by atoms with van der Waals surface area (Å²) in [7, 11) is 1.70. The molecule has 0 spiro atoms. The third-order valence-electron chi connectivity index (χ3n) is 3.95. The number of hydrogen-bond donors (Lipinski definition) is 4. The van der Waals surface area contributed by atoms with Gasteiger partial charge in [-0.05, 0) is 29.3 Å². The molecule has 0 bridgehead atoms. The van der Waals surface area contributed by atoms with Gasteiger partial charge >= 0.3 is 0 Å². The Balaban J connectivity index is 0.000000502. The average Bonchev–Trinajstić information content (AvgIpc) is 2.81. The van der Waals surface area contributed by atoms with Crippen LogP contribution in [-0.4, -0.2) is 49.6 Å². The van der Waals surface area contributed by atoms with Crippen LogP contribution >= 0.6 is 0 Å². The Kier molecular flexibility index (Phi) is 12.7. The van der Waals surface area contributed by atoms with E-state index in [4.69, 9.17) is 10.00 Å². The second-order valence-corrected chi connectivity index (χ2v) is 6.70. The topological polar surface area (TPSA) is 141 Å². The number of hydrogen-bond acceptors (Lipinski definition) is 6. The molecule has 0 saturated heterocycles. The van der Waals surface area contributed by atoms with Crippen molar-refractivity contribution in [3.8, 4) is 11.8 Å². The second kappa shape index (κ2) is 15.6. The SMILES string of the molecule is CC(=O)NCC(=O)NCCNC(=O)/C(C#N)=C/c1ccc(O)cc1.COCc1ccccc1. The van der Waals surface area contributed by atoms with Crippen LogP contribution in [0.3, 0.4) is 0 Å². The van der Waals surface area contributed by atoms with Gasteiger partial charge in [0.25, 0.3) is 5.91 Å². The summed E-state index contributed by atoms with van der Waals surface area (Å²) in [5.74, 6) is -1.16. The first-order valence-corrected chi connectivity index (χ1v) is 10.1. The molecule has 0 unspecified atom stereocenters. The maximum Gasteiger partial charge on any atom is 0.262 e. The van der Waals surface area contributed by atoms with E-state index in [1.165, 1.54) is 30.7 Å². The smallest absolute Gasteiger partial charge is 0.262 e. The van der Waals surface area contributed by atoms with Crippen LogP contribution in [0.15, 0.2) is 60.2 Å². The Morgan fingerprint density at radius 1 is 1.00 bits per heavy atom. The molecule has 0 aliphatic rings. The van der Waals surface area contributed by atoms with E-state index in [0.717, 1.165) is 0 Å². The summed E-state index contributed by atoms with van der Waals surface area (Å²) >= 11 is 0. The number of phenolic OH excluding ortho intramolecular Hbond substituents is 1. The molecule has 0 fully saturated rings. The van der Waals surface area contributed by atoms with Gasteiger partial charge in [-0.15, -0.1) is 0 Å². The molecule has 4 N–H and O–H groups in total. The fourth-order valence-electron chi connectivity index (χ4n) is 2.37. The van der Waals surface area contributed by atoms with Crippen LogP contribution < -0.4 is 16.0 Å². The van der Waals surface area contributed by atoms with Crippen molar-refractivity contribution in [3.63, 3.8) is 0 Å². The van der Waals surface area contributed by atoms with E-state index in [2.05, 4.69) is 16.0 Å². The first-order valence-electron chi connectivity index (χ1n) is 10.1. The fourth-order valence-corrected chi connectivity index (χ4v) is 2.37. The standard InChI is InChI=1S/C16H18N4O4.C8H10O/c1-11(21)20-10-15(23)18-6-7-19-16(24)13(9-17)8-12-2-4-14(22)5-3-12;1-9-7-8-5-3-2-4-6-8/h2-5,8,22H,6-7,10H2,1H3,(H,18,23)(H,19,24)(H,20,21);2-6H,7H2,1H3/b13-8+;. The number of phenols is 1. The predicted molar refractivity (Wildman–Crippen MR) is 124 cm³/mol. The highest BCUT2D eigenvalue weighted by molar-refractivity contribution is 6.01. The molecule has 9 nitrogen and oxygen atoms in total. The lowest BCUT2D eigenvalue weighted by molar-refractivity contribution is -0.125. The minimum absolute atomic E-state index is 0.0881. The molecule has 0 heterocycles. The van der Waals surface area contributed by atoms with Gasteiger partial charge in [0, 0.05) is 27.1 Å². The molecule has 9 heteroatoms. The van der Waals surface area contributed by atoms with Crippen molar-refractivity contribution in [2.75, 3.05) is 26.7 Å². The maximum absolute atomic E-state index is 11.9. The lowest BCUT2D eigenvalue weighted by atomic mass is 10.1. The molecule has 0 atom stereocenters. The molecule has 2 aromatic carbocycles. The Hall–Kier alpha value is -4.16. The van der Waals surface area contributed by atoms with Gasteiger partial charge in [0.2, 0.25) is 11.8 Å². The maximum atomic E-state index is 11.9. The molecule has 0 radical (unpaired) electrons. The van der Waals surface area contributed by atoms with Crippen molar-refractivity contribution in [3.05, 3.63) is 71.3 Å². The molecule has 0 aromatic heterocycles. The summed E-state index contributed by atoms with van der Waals surface area (Å²) < 4.78 is 4.93. The van der Waals surface area contributed by atoms with Crippen molar-refractivity contribution >= 4 is 23.8 Å². The third-order valence-corrected chi connectivity index (χ3v) is 3.95. The van der Waals surface area contributed by atoms with Gasteiger partial charge in [-0.25, -0.2) is 0 Å². The van der Waals surface area contributed by atoms with Crippen molar-refractivity contribution < 1.29 is 24.2 Å². The Morgan fingerprint density at radius 2 is 1.64 bits per heavy atom. The van der Waals surface area contributed by atoms with Gasteiger partial charge in [0.05, 0.1) is 13.2 Å². The number of amides is 3. The summed E-state index contributed by atoms with van der Waals surface area (Å²) in [6.45, 7) is 2.19. The number of carbonyl (C=O) groups excluding carboxylic acids is 3. The van der Waals surface area contributed by atoms with Crippen molar-refractivity contribution in [2.45, 2.75) is 13.5 Å². The fraction of sp³-hybridized carbons (Fsp3) is 0.250. The van der Waals surface area contributed by atoms with Crippen molar-refractivity contribution in [1.29, 1.82) is 5.26 Å². The van der Waals surface area contributed by atoms with Crippen LogP contribution in [0.5, 0.6) is 5.75 Å². The zero-order chi connectivity index (χ0) is 24.5. The largest absolute Gasteiger partial charge is 0.508 e. The highest BCUT2D eigenvalue weighted by atomic mass is 16.5. The van der Waals surface area contributed by atoms with E-state index in [1.807, 2.05) is 30.3 Å². The monoisotopic (exact) mass is 452 g/mol. The quantitative estimate of drug-likeness (QED) is 0.258. The van der Waals surface area contributed by atoms with Gasteiger partial charge in [-0.2, -0.15) is 5.26 Å². The van der Waals surface area contributed by atoms with E-state index in [1.54, 1.807) is 25.3 Å². The average molecular weight is 453 g/mol. The number of rotatable bonds is 9. The Labute approximate surface area is 193 Å². The third kappa shape index (κ3) is 12.3. The molecular weight excluding hydrogens is 424 g/mol. The zero-order valence-corrected chi connectivity index (χ0v) is 18.6. The molecule has 33 heavy (non-hydrogen) atoms. The molecule has 2 aromatic rings. The summed E-state index contributed by atoms with van der Waals surface area (Å²) in [6, 6.07) is 17.9. The number of aromatic hydroxyl groups is 1. The number of carbonyl (C=O) groups is 3. The number of nitriles is 1. The minimum Gasteiger partial charge on any atom is -0.508 e. The summed E-state index contributed by atoms with van der Waals surface area (Å²) in [6.07, 6.45) is 1.39. The first-order chi connectivity index (χ1) is 15.8. The van der Waals surface area contributed by atoms with Crippen LogP contribution in [0.25, 0.3) is 6.08 Å². The highest BCUT2D eigenvalue weighted by Crippen LogP contribution is 2.12. The van der Waals surface area contributed by atoms with E-state index in [9.17, 15) is 19.5 Å². The number of benzene rings is 2. The lowest BCUT2D eigenvalue weighted by Crippen LogP contribution is -2.40. The van der Waals surface area contributed by atoms with Gasteiger partial charge in [0.15, 0.2) is 0 Å². The van der Waals surface area contributed by atoms with Crippen molar-refractivity contribution in [1.82, 2.24) is 16.0 Å². The number of methoxy groups -OCH3 is 1.